The number of hydrogen-bond acceptors (Lipinski definition) is 2. The van der Waals surface area contributed by atoms with Crippen LogP contribution in [0.3, 0.4) is 0 Å². The monoisotopic (exact) mass is 268 g/mol. The van der Waals surface area contributed by atoms with Crippen molar-refractivity contribution in [1.82, 2.24) is 9.55 Å². The number of benzene rings is 1. The van der Waals surface area contributed by atoms with Gasteiger partial charge in [-0.25, -0.2) is 4.39 Å². The molecular formula is C16H13FN2O. The Morgan fingerprint density at radius 1 is 1.25 bits per heavy atom. The summed E-state index contributed by atoms with van der Waals surface area (Å²) in [4.78, 5) is 16.3. The molecule has 0 aliphatic rings. The predicted molar refractivity (Wildman–Crippen MR) is 76.2 cm³/mol. The van der Waals surface area contributed by atoms with Gasteiger partial charge in [0.1, 0.15) is 5.82 Å². The van der Waals surface area contributed by atoms with Gasteiger partial charge < -0.3 is 4.57 Å². The van der Waals surface area contributed by atoms with Gasteiger partial charge in [-0.05, 0) is 47.7 Å². The highest BCUT2D eigenvalue weighted by Crippen LogP contribution is 2.12. The van der Waals surface area contributed by atoms with Crippen LogP contribution in [0.4, 0.5) is 4.39 Å². The molecule has 0 unspecified atom stereocenters. The maximum atomic E-state index is 13.3. The second-order valence-corrected chi connectivity index (χ2v) is 4.78. The molecule has 2 heterocycles. The van der Waals surface area contributed by atoms with E-state index in [1.165, 1.54) is 12.1 Å². The molecule has 0 amide bonds. The van der Waals surface area contributed by atoms with Crippen LogP contribution in [0.5, 0.6) is 0 Å². The molecule has 0 fully saturated rings. The zero-order valence-corrected chi connectivity index (χ0v) is 11.0. The summed E-state index contributed by atoms with van der Waals surface area (Å²) < 4.78 is 14.9. The van der Waals surface area contributed by atoms with Crippen LogP contribution < -0.4 is 5.56 Å². The Hall–Kier alpha value is -2.49. The van der Waals surface area contributed by atoms with Gasteiger partial charge in [0.05, 0.1) is 11.9 Å². The normalized spacial score (nSPS) is 10.9. The van der Waals surface area contributed by atoms with Crippen LogP contribution >= 0.6 is 0 Å². The Balaban J connectivity index is 2.09. The average molecular weight is 268 g/mol. The van der Waals surface area contributed by atoms with Gasteiger partial charge >= 0.3 is 0 Å². The summed E-state index contributed by atoms with van der Waals surface area (Å²) >= 11 is 0. The van der Waals surface area contributed by atoms with Crippen LogP contribution in [0.15, 0.2) is 53.7 Å². The summed E-state index contributed by atoms with van der Waals surface area (Å²) in [5.41, 5.74) is 1.65. The summed E-state index contributed by atoms with van der Waals surface area (Å²) in [7, 11) is 0. The van der Waals surface area contributed by atoms with Gasteiger partial charge in [-0.1, -0.05) is 6.07 Å². The van der Waals surface area contributed by atoms with E-state index in [4.69, 9.17) is 0 Å². The Kier molecular flexibility index (Phi) is 3.06. The fraction of sp³-hybridized carbons (Fsp3) is 0.125. The first-order chi connectivity index (χ1) is 9.65. The van der Waals surface area contributed by atoms with Crippen molar-refractivity contribution < 1.29 is 4.39 Å². The third-order valence-electron chi connectivity index (χ3n) is 3.43. The fourth-order valence-electron chi connectivity index (χ4n) is 2.24. The number of aromatic nitrogens is 2. The summed E-state index contributed by atoms with van der Waals surface area (Å²) in [5, 5.41) is 1.43. The molecule has 100 valence electrons. The summed E-state index contributed by atoms with van der Waals surface area (Å²) in [6.07, 6.45) is 4.95. The molecule has 4 heteroatoms. The number of halogens is 1. The third-order valence-corrected chi connectivity index (χ3v) is 3.43. The van der Waals surface area contributed by atoms with Crippen LogP contribution in [-0.2, 0) is 6.54 Å². The van der Waals surface area contributed by atoms with Gasteiger partial charge in [-0.3, -0.25) is 9.78 Å². The molecule has 0 saturated heterocycles. The topological polar surface area (TPSA) is 34.9 Å². The number of pyridine rings is 2. The van der Waals surface area contributed by atoms with Gasteiger partial charge in [-0.2, -0.15) is 0 Å². The number of hydrogen-bond donors (Lipinski definition) is 0. The van der Waals surface area contributed by atoms with Crippen molar-refractivity contribution in [2.45, 2.75) is 13.5 Å². The molecule has 3 nitrogen and oxygen atoms in total. The van der Waals surface area contributed by atoms with E-state index >= 15 is 0 Å². The lowest BCUT2D eigenvalue weighted by atomic mass is 10.1. The second-order valence-electron chi connectivity index (χ2n) is 4.78. The molecule has 0 aliphatic heterocycles. The summed E-state index contributed by atoms with van der Waals surface area (Å²) in [6.45, 7) is 2.26. The first-order valence-electron chi connectivity index (χ1n) is 6.33. The smallest absolute Gasteiger partial charge is 0.260 e. The van der Waals surface area contributed by atoms with Gasteiger partial charge in [0.2, 0.25) is 0 Å². The van der Waals surface area contributed by atoms with E-state index in [1.807, 2.05) is 13.0 Å². The molecular weight excluding hydrogens is 255 g/mol. The van der Waals surface area contributed by atoms with E-state index in [0.29, 0.717) is 11.9 Å². The lowest BCUT2D eigenvalue weighted by Gasteiger charge is -2.09. The number of rotatable bonds is 2. The zero-order valence-electron chi connectivity index (χ0n) is 11.0. The lowest BCUT2D eigenvalue weighted by Crippen LogP contribution is -2.20. The Morgan fingerprint density at radius 2 is 2.10 bits per heavy atom. The maximum Gasteiger partial charge on any atom is 0.260 e. The zero-order chi connectivity index (χ0) is 14.1. The molecule has 3 aromatic rings. The van der Waals surface area contributed by atoms with Gasteiger partial charge in [-0.15, -0.1) is 0 Å². The largest absolute Gasteiger partial charge is 0.311 e. The SMILES string of the molecule is Cc1ccc(F)cc1Cn1ccc2ccncc2c1=O. The minimum atomic E-state index is -0.291. The van der Waals surface area contributed by atoms with Crippen molar-refractivity contribution in [2.24, 2.45) is 0 Å². The number of aryl methyl sites for hydroxylation is 1. The van der Waals surface area contributed by atoms with Crippen molar-refractivity contribution >= 4 is 10.8 Å². The van der Waals surface area contributed by atoms with Crippen molar-refractivity contribution in [1.29, 1.82) is 0 Å². The first-order valence-corrected chi connectivity index (χ1v) is 6.33. The lowest BCUT2D eigenvalue weighted by molar-refractivity contribution is 0.622. The molecule has 2 aromatic heterocycles. The van der Waals surface area contributed by atoms with Crippen LogP contribution in [0.25, 0.3) is 10.8 Å². The predicted octanol–water partition coefficient (Wildman–Crippen LogP) is 2.89. The van der Waals surface area contributed by atoms with Crippen LogP contribution in [0.1, 0.15) is 11.1 Å². The number of nitrogens with zero attached hydrogens (tertiary/aromatic N) is 2. The summed E-state index contributed by atoms with van der Waals surface area (Å²) in [5.74, 6) is -0.291. The Labute approximate surface area is 115 Å². The Bertz CT molecular complexity index is 839. The second kappa shape index (κ2) is 4.89. The van der Waals surface area contributed by atoms with Gasteiger partial charge in [0.25, 0.3) is 5.56 Å². The van der Waals surface area contributed by atoms with E-state index < -0.39 is 0 Å². The maximum absolute atomic E-state index is 13.3. The van der Waals surface area contributed by atoms with Gasteiger partial charge in [0, 0.05) is 18.6 Å². The van der Waals surface area contributed by atoms with Crippen LogP contribution in [0, 0.1) is 12.7 Å². The third kappa shape index (κ3) is 2.20. The van der Waals surface area contributed by atoms with Crippen molar-refractivity contribution in [3.63, 3.8) is 0 Å². The quantitative estimate of drug-likeness (QED) is 0.716. The molecule has 0 bridgehead atoms. The molecule has 3 rings (SSSR count). The van der Waals surface area contributed by atoms with Crippen LogP contribution in [-0.4, -0.2) is 9.55 Å². The molecule has 0 aliphatic carbocycles. The van der Waals surface area contributed by atoms with Crippen molar-refractivity contribution in [3.05, 3.63) is 76.2 Å². The highest BCUT2D eigenvalue weighted by Gasteiger charge is 2.06. The van der Waals surface area contributed by atoms with E-state index in [-0.39, 0.29) is 11.4 Å². The Morgan fingerprint density at radius 3 is 2.95 bits per heavy atom. The standard InChI is InChI=1S/C16H13FN2O/c1-11-2-3-14(17)8-13(11)10-19-7-5-12-4-6-18-9-15(12)16(19)20/h2-9H,10H2,1H3. The average Bonchev–Trinajstić information content (AvgIpc) is 2.46. The molecule has 0 radical (unpaired) electrons. The minimum Gasteiger partial charge on any atom is -0.311 e. The fourth-order valence-corrected chi connectivity index (χ4v) is 2.24. The van der Waals surface area contributed by atoms with Crippen LogP contribution in [0.2, 0.25) is 0 Å². The van der Waals surface area contributed by atoms with Gasteiger partial charge in [0.15, 0.2) is 0 Å². The highest BCUT2D eigenvalue weighted by atomic mass is 19.1. The number of fused-ring (bicyclic) bond motifs is 1. The van der Waals surface area contributed by atoms with E-state index in [2.05, 4.69) is 4.98 Å². The summed E-state index contributed by atoms with van der Waals surface area (Å²) in [6, 6.07) is 8.28. The van der Waals surface area contributed by atoms with Crippen molar-refractivity contribution in [2.75, 3.05) is 0 Å². The van der Waals surface area contributed by atoms with E-state index in [1.54, 1.807) is 35.3 Å². The highest BCUT2D eigenvalue weighted by molar-refractivity contribution is 5.80. The molecule has 0 atom stereocenters. The molecule has 0 N–H and O–H groups in total. The molecule has 1 aromatic carbocycles. The minimum absolute atomic E-state index is 0.112. The van der Waals surface area contributed by atoms with E-state index in [0.717, 1.165) is 16.5 Å². The van der Waals surface area contributed by atoms with E-state index in [9.17, 15) is 9.18 Å². The molecule has 0 saturated carbocycles. The molecule has 0 spiro atoms. The van der Waals surface area contributed by atoms with Crippen molar-refractivity contribution in [3.8, 4) is 0 Å². The first kappa shape index (κ1) is 12.5. The molecule has 20 heavy (non-hydrogen) atoms.